The minimum atomic E-state index is -3.16. The molecule has 0 aliphatic rings. The van der Waals surface area contributed by atoms with E-state index in [1.807, 2.05) is 12.1 Å². The van der Waals surface area contributed by atoms with Gasteiger partial charge in [0, 0.05) is 6.04 Å². The van der Waals surface area contributed by atoms with Crippen LogP contribution in [0.15, 0.2) is 29.2 Å². The first-order chi connectivity index (χ1) is 8.36. The lowest BCUT2D eigenvalue weighted by Gasteiger charge is -2.16. The molecule has 0 radical (unpaired) electrons. The smallest absolute Gasteiger partial charge is 0.178 e. The van der Waals surface area contributed by atoms with Gasteiger partial charge in [-0.25, -0.2) is 8.42 Å². The Bertz CT molecular complexity index is 480. The summed E-state index contributed by atoms with van der Waals surface area (Å²) in [7, 11) is -3.16. The Morgan fingerprint density at radius 2 is 1.83 bits per heavy atom. The number of sulfone groups is 1. The maximum atomic E-state index is 12.0. The molecule has 3 nitrogen and oxygen atoms in total. The van der Waals surface area contributed by atoms with Gasteiger partial charge in [0.1, 0.15) is 0 Å². The van der Waals surface area contributed by atoms with E-state index in [-0.39, 0.29) is 11.8 Å². The zero-order valence-electron chi connectivity index (χ0n) is 11.4. The van der Waals surface area contributed by atoms with Crippen molar-refractivity contribution in [2.75, 3.05) is 5.75 Å². The van der Waals surface area contributed by atoms with E-state index in [0.717, 1.165) is 12.0 Å². The molecule has 4 heteroatoms. The Kier molecular flexibility index (Phi) is 5.35. The topological polar surface area (TPSA) is 60.2 Å². The molecule has 1 atom stereocenters. The zero-order valence-corrected chi connectivity index (χ0v) is 12.2. The normalized spacial score (nSPS) is 13.8. The average molecular weight is 269 g/mol. The minimum absolute atomic E-state index is 0.0122. The predicted octanol–water partition coefficient (Wildman–Crippen LogP) is 2.40. The van der Waals surface area contributed by atoms with Crippen LogP contribution in [-0.2, 0) is 16.3 Å². The fraction of sp³-hybridized carbons (Fsp3) is 0.571. The third kappa shape index (κ3) is 4.10. The van der Waals surface area contributed by atoms with Crippen LogP contribution in [0.25, 0.3) is 0 Å². The molecule has 0 bridgehead atoms. The second-order valence-electron chi connectivity index (χ2n) is 5.10. The summed E-state index contributed by atoms with van der Waals surface area (Å²) in [6, 6.07) is 7.18. The highest BCUT2D eigenvalue weighted by Gasteiger charge is 2.17. The van der Waals surface area contributed by atoms with Gasteiger partial charge >= 0.3 is 0 Å². The van der Waals surface area contributed by atoms with E-state index in [1.54, 1.807) is 19.1 Å². The predicted molar refractivity (Wildman–Crippen MR) is 75.3 cm³/mol. The highest BCUT2D eigenvalue weighted by atomic mass is 32.2. The largest absolute Gasteiger partial charge is 0.327 e. The van der Waals surface area contributed by atoms with Gasteiger partial charge in [0.15, 0.2) is 9.84 Å². The van der Waals surface area contributed by atoms with Gasteiger partial charge in [-0.15, -0.1) is 0 Å². The summed E-state index contributed by atoms with van der Waals surface area (Å²) in [5.41, 5.74) is 6.91. The van der Waals surface area contributed by atoms with E-state index in [2.05, 4.69) is 13.8 Å². The van der Waals surface area contributed by atoms with E-state index in [1.165, 1.54) is 0 Å². The van der Waals surface area contributed by atoms with Crippen LogP contribution >= 0.6 is 0 Å². The quantitative estimate of drug-likeness (QED) is 0.862. The molecule has 0 aliphatic carbocycles. The van der Waals surface area contributed by atoms with Crippen LogP contribution in [-0.4, -0.2) is 20.2 Å². The molecule has 2 N–H and O–H groups in total. The van der Waals surface area contributed by atoms with Crippen LogP contribution < -0.4 is 5.73 Å². The molecule has 0 saturated carbocycles. The summed E-state index contributed by atoms with van der Waals surface area (Å²) in [6.07, 6.45) is 1.52. The summed E-state index contributed by atoms with van der Waals surface area (Å²) >= 11 is 0. The van der Waals surface area contributed by atoms with E-state index in [4.69, 9.17) is 5.73 Å². The number of hydrogen-bond acceptors (Lipinski definition) is 3. The van der Waals surface area contributed by atoms with Crippen LogP contribution in [0.3, 0.4) is 0 Å². The van der Waals surface area contributed by atoms with E-state index >= 15 is 0 Å². The molecule has 1 unspecified atom stereocenters. The zero-order chi connectivity index (χ0) is 13.8. The molecule has 0 saturated heterocycles. The molecule has 102 valence electrons. The van der Waals surface area contributed by atoms with Crippen molar-refractivity contribution in [1.29, 1.82) is 0 Å². The van der Waals surface area contributed by atoms with Crippen molar-refractivity contribution in [3.63, 3.8) is 0 Å². The van der Waals surface area contributed by atoms with Crippen molar-refractivity contribution >= 4 is 9.84 Å². The Labute approximate surface area is 110 Å². The number of rotatable bonds is 6. The summed E-state index contributed by atoms with van der Waals surface area (Å²) in [4.78, 5) is 0.437. The second-order valence-corrected chi connectivity index (χ2v) is 7.35. The SMILES string of the molecule is CCS(=O)(=O)c1ccccc1CC(N)CC(C)C. The van der Waals surface area contributed by atoms with Crippen molar-refractivity contribution in [2.45, 2.75) is 44.6 Å². The Morgan fingerprint density at radius 3 is 2.39 bits per heavy atom. The molecule has 0 amide bonds. The first-order valence-electron chi connectivity index (χ1n) is 6.43. The van der Waals surface area contributed by atoms with Crippen molar-refractivity contribution in [3.8, 4) is 0 Å². The van der Waals surface area contributed by atoms with Crippen molar-refractivity contribution in [2.24, 2.45) is 11.7 Å². The third-order valence-corrected chi connectivity index (χ3v) is 4.77. The molecule has 0 heterocycles. The van der Waals surface area contributed by atoms with Crippen LogP contribution in [0.1, 0.15) is 32.8 Å². The molecule has 1 aromatic carbocycles. The molecule has 18 heavy (non-hydrogen) atoms. The fourth-order valence-corrected chi connectivity index (χ4v) is 3.25. The van der Waals surface area contributed by atoms with E-state index < -0.39 is 9.84 Å². The van der Waals surface area contributed by atoms with E-state index in [0.29, 0.717) is 17.2 Å². The maximum absolute atomic E-state index is 12.0. The number of nitrogens with two attached hydrogens (primary N) is 1. The summed E-state index contributed by atoms with van der Waals surface area (Å²) < 4.78 is 24.0. The van der Waals surface area contributed by atoms with Crippen LogP contribution in [0.2, 0.25) is 0 Å². The number of hydrogen-bond donors (Lipinski definition) is 1. The standard InChI is InChI=1S/C14H23NO2S/c1-4-18(16,17)14-8-6-5-7-12(14)10-13(15)9-11(2)3/h5-8,11,13H,4,9-10,15H2,1-3H3. The molecular formula is C14H23NO2S. The van der Waals surface area contributed by atoms with Crippen molar-refractivity contribution in [3.05, 3.63) is 29.8 Å². The lowest BCUT2D eigenvalue weighted by atomic mass is 9.98. The Morgan fingerprint density at radius 1 is 1.22 bits per heavy atom. The maximum Gasteiger partial charge on any atom is 0.178 e. The Hall–Kier alpha value is -0.870. The van der Waals surface area contributed by atoms with Gasteiger partial charge in [-0.3, -0.25) is 0 Å². The highest BCUT2D eigenvalue weighted by Crippen LogP contribution is 2.19. The van der Waals surface area contributed by atoms with Gasteiger partial charge in [0.05, 0.1) is 10.6 Å². The van der Waals surface area contributed by atoms with Crippen molar-refractivity contribution < 1.29 is 8.42 Å². The van der Waals surface area contributed by atoms with Gasteiger partial charge < -0.3 is 5.73 Å². The molecule has 0 spiro atoms. The summed E-state index contributed by atoms with van der Waals surface area (Å²) in [5, 5.41) is 0. The first-order valence-corrected chi connectivity index (χ1v) is 8.08. The van der Waals surface area contributed by atoms with Gasteiger partial charge in [-0.2, -0.15) is 0 Å². The summed E-state index contributed by atoms with van der Waals surface area (Å²) in [6.45, 7) is 5.91. The third-order valence-electron chi connectivity index (χ3n) is 2.94. The minimum Gasteiger partial charge on any atom is -0.327 e. The monoisotopic (exact) mass is 269 g/mol. The molecule has 0 aliphatic heterocycles. The molecule has 1 aromatic rings. The molecular weight excluding hydrogens is 246 g/mol. The van der Waals surface area contributed by atoms with Crippen LogP contribution in [0.5, 0.6) is 0 Å². The van der Waals surface area contributed by atoms with Gasteiger partial charge in [0.25, 0.3) is 0 Å². The Balaban J connectivity index is 2.97. The molecule has 0 fully saturated rings. The van der Waals surface area contributed by atoms with E-state index in [9.17, 15) is 8.42 Å². The molecule has 0 aromatic heterocycles. The summed E-state index contributed by atoms with van der Waals surface area (Å²) in [5.74, 6) is 0.652. The molecule has 1 rings (SSSR count). The van der Waals surface area contributed by atoms with Crippen LogP contribution in [0.4, 0.5) is 0 Å². The lowest BCUT2D eigenvalue weighted by molar-refractivity contribution is 0.491. The average Bonchev–Trinajstić information content (AvgIpc) is 2.28. The van der Waals surface area contributed by atoms with Crippen LogP contribution in [0, 0.1) is 5.92 Å². The fourth-order valence-electron chi connectivity index (χ4n) is 2.10. The first kappa shape index (κ1) is 15.2. The number of benzene rings is 1. The van der Waals surface area contributed by atoms with Gasteiger partial charge in [-0.1, -0.05) is 39.0 Å². The lowest BCUT2D eigenvalue weighted by Crippen LogP contribution is -2.25. The van der Waals surface area contributed by atoms with Gasteiger partial charge in [0.2, 0.25) is 0 Å². The highest BCUT2D eigenvalue weighted by molar-refractivity contribution is 7.91. The van der Waals surface area contributed by atoms with Crippen molar-refractivity contribution in [1.82, 2.24) is 0 Å². The second kappa shape index (κ2) is 6.34. The van der Waals surface area contributed by atoms with Gasteiger partial charge in [-0.05, 0) is 30.4 Å².